The van der Waals surface area contributed by atoms with Crippen LogP contribution in [-0.2, 0) is 4.79 Å². The van der Waals surface area contributed by atoms with E-state index < -0.39 is 0 Å². The molecule has 0 spiro atoms. The van der Waals surface area contributed by atoms with E-state index in [-0.39, 0.29) is 11.9 Å². The molecule has 0 saturated heterocycles. The second-order valence-corrected chi connectivity index (χ2v) is 6.81. The van der Waals surface area contributed by atoms with Crippen molar-refractivity contribution in [1.29, 1.82) is 0 Å². The van der Waals surface area contributed by atoms with Gasteiger partial charge in [0.15, 0.2) is 11.5 Å². The number of carbonyl (C=O) groups is 1. The minimum Gasteiger partial charge on any atom is -0.486 e. The first-order valence-corrected chi connectivity index (χ1v) is 9.62. The number of rotatable bonds is 5. The lowest BCUT2D eigenvalue weighted by Crippen LogP contribution is -2.41. The predicted molar refractivity (Wildman–Crippen MR) is 112 cm³/mol. The fourth-order valence-electron chi connectivity index (χ4n) is 3.57. The van der Waals surface area contributed by atoms with E-state index in [0.717, 1.165) is 27.9 Å². The molecule has 0 saturated carbocycles. The van der Waals surface area contributed by atoms with Gasteiger partial charge >= 0.3 is 0 Å². The molecule has 5 heteroatoms. The molecule has 0 bridgehead atoms. The second kappa shape index (κ2) is 7.80. The van der Waals surface area contributed by atoms with E-state index >= 15 is 0 Å². The molecule has 1 aliphatic rings. The lowest BCUT2D eigenvalue weighted by atomic mass is 10.1. The summed E-state index contributed by atoms with van der Waals surface area (Å²) in [7, 11) is 0. The number of hydrogen-bond acceptors (Lipinski definition) is 4. The molecule has 1 atom stereocenters. The Morgan fingerprint density at radius 3 is 2.61 bits per heavy atom. The lowest BCUT2D eigenvalue weighted by molar-refractivity contribution is -0.118. The lowest BCUT2D eigenvalue weighted by Gasteiger charge is -2.27. The summed E-state index contributed by atoms with van der Waals surface area (Å²) in [4.78, 5) is 15.1. The predicted octanol–water partition coefficient (Wildman–Crippen LogP) is 4.46. The van der Waals surface area contributed by atoms with Gasteiger partial charge in [0.05, 0.1) is 5.69 Å². The van der Waals surface area contributed by atoms with Gasteiger partial charge in [0.25, 0.3) is 0 Å². The van der Waals surface area contributed by atoms with E-state index in [1.165, 1.54) is 0 Å². The van der Waals surface area contributed by atoms with Crippen molar-refractivity contribution in [3.8, 4) is 11.5 Å². The molecule has 1 amide bonds. The van der Waals surface area contributed by atoms with Crippen LogP contribution in [-0.4, -0.2) is 31.7 Å². The highest BCUT2D eigenvalue weighted by atomic mass is 16.6. The van der Waals surface area contributed by atoms with Crippen molar-refractivity contribution in [3.05, 3.63) is 60.7 Å². The maximum atomic E-state index is 13.2. The van der Waals surface area contributed by atoms with Gasteiger partial charge in [0.1, 0.15) is 19.3 Å². The Morgan fingerprint density at radius 1 is 1.04 bits per heavy atom. The van der Waals surface area contributed by atoms with Gasteiger partial charge in [0, 0.05) is 23.7 Å². The number of ether oxygens (including phenoxy) is 2. The van der Waals surface area contributed by atoms with Gasteiger partial charge in [-0.2, -0.15) is 0 Å². The third kappa shape index (κ3) is 3.48. The maximum Gasteiger partial charge on any atom is 0.249 e. The van der Waals surface area contributed by atoms with Gasteiger partial charge in [-0.15, -0.1) is 0 Å². The van der Waals surface area contributed by atoms with Crippen molar-refractivity contribution in [1.82, 2.24) is 0 Å². The number of fused-ring (bicyclic) bond motifs is 2. The highest BCUT2D eigenvalue weighted by Gasteiger charge is 2.22. The monoisotopic (exact) mass is 376 g/mol. The number of hydrogen-bond donors (Lipinski definition) is 1. The molecule has 0 aromatic heterocycles. The summed E-state index contributed by atoms with van der Waals surface area (Å²) in [6.45, 7) is 5.57. The Bertz CT molecular complexity index is 997. The van der Waals surface area contributed by atoms with E-state index in [0.29, 0.717) is 25.5 Å². The molecule has 0 radical (unpaired) electrons. The number of amides is 1. The summed E-state index contributed by atoms with van der Waals surface area (Å²) in [6.07, 6.45) is 0. The van der Waals surface area contributed by atoms with Gasteiger partial charge in [-0.05, 0) is 37.4 Å². The van der Waals surface area contributed by atoms with Crippen LogP contribution in [0.1, 0.15) is 13.8 Å². The number of nitrogens with zero attached hydrogens (tertiary/aromatic N) is 1. The smallest absolute Gasteiger partial charge is 0.249 e. The van der Waals surface area contributed by atoms with Crippen LogP contribution in [0.15, 0.2) is 60.7 Å². The SMILES string of the molecule is CCN(C(=O)[C@@H](C)Nc1ccc2c(c1)OCCO2)c1cccc2ccccc12. The molecule has 1 aliphatic heterocycles. The Balaban J connectivity index is 1.56. The molecule has 28 heavy (non-hydrogen) atoms. The van der Waals surface area contributed by atoms with E-state index in [4.69, 9.17) is 9.47 Å². The van der Waals surface area contributed by atoms with Crippen LogP contribution in [0.5, 0.6) is 11.5 Å². The molecule has 1 N–H and O–H groups in total. The number of likely N-dealkylation sites (N-methyl/N-ethyl adjacent to an activating group) is 1. The van der Waals surface area contributed by atoms with Gasteiger partial charge in [-0.3, -0.25) is 4.79 Å². The number of carbonyl (C=O) groups excluding carboxylic acids is 1. The zero-order valence-corrected chi connectivity index (χ0v) is 16.1. The standard InChI is InChI=1S/C23H24N2O3/c1-3-25(20-10-6-8-17-7-4-5-9-19(17)20)23(26)16(2)24-18-11-12-21-22(15-18)28-14-13-27-21/h4-12,15-16,24H,3,13-14H2,1-2H3/t16-/m1/s1. The number of anilines is 2. The largest absolute Gasteiger partial charge is 0.486 e. The Kier molecular flexibility index (Phi) is 5.06. The van der Waals surface area contributed by atoms with E-state index in [9.17, 15) is 4.79 Å². The Labute approximate surface area is 164 Å². The summed E-state index contributed by atoms with van der Waals surface area (Å²) in [6, 6.07) is 19.5. The van der Waals surface area contributed by atoms with Gasteiger partial charge < -0.3 is 19.7 Å². The first-order chi connectivity index (χ1) is 13.7. The Morgan fingerprint density at radius 2 is 1.79 bits per heavy atom. The zero-order chi connectivity index (χ0) is 19.5. The van der Waals surface area contributed by atoms with Crippen molar-refractivity contribution < 1.29 is 14.3 Å². The Hall–Kier alpha value is -3.21. The van der Waals surface area contributed by atoms with Crippen LogP contribution in [0.25, 0.3) is 10.8 Å². The topological polar surface area (TPSA) is 50.8 Å². The molecular weight excluding hydrogens is 352 g/mol. The highest BCUT2D eigenvalue weighted by molar-refractivity contribution is 6.06. The van der Waals surface area contributed by atoms with Crippen LogP contribution < -0.4 is 19.7 Å². The molecule has 144 valence electrons. The molecule has 3 aromatic carbocycles. The molecule has 1 heterocycles. The van der Waals surface area contributed by atoms with Crippen LogP contribution >= 0.6 is 0 Å². The van der Waals surface area contributed by atoms with Crippen molar-refractivity contribution >= 4 is 28.1 Å². The first kappa shape index (κ1) is 18.2. The highest BCUT2D eigenvalue weighted by Crippen LogP contribution is 2.33. The summed E-state index contributed by atoms with van der Waals surface area (Å²) in [5.74, 6) is 1.47. The van der Waals surface area contributed by atoms with Crippen molar-refractivity contribution in [3.63, 3.8) is 0 Å². The third-order valence-corrected chi connectivity index (χ3v) is 4.94. The molecule has 0 fully saturated rings. The molecule has 0 unspecified atom stereocenters. The normalized spacial score (nSPS) is 13.8. The molecular formula is C23H24N2O3. The average molecular weight is 376 g/mol. The number of nitrogens with one attached hydrogen (secondary N) is 1. The van der Waals surface area contributed by atoms with Crippen molar-refractivity contribution in [2.24, 2.45) is 0 Å². The van der Waals surface area contributed by atoms with Gasteiger partial charge in [0.2, 0.25) is 5.91 Å². The quantitative estimate of drug-likeness (QED) is 0.714. The number of benzene rings is 3. The summed E-state index contributed by atoms with van der Waals surface area (Å²) in [5, 5.41) is 5.50. The fraction of sp³-hybridized carbons (Fsp3) is 0.261. The van der Waals surface area contributed by atoms with E-state index in [1.807, 2.05) is 61.2 Å². The summed E-state index contributed by atoms with van der Waals surface area (Å²) in [5.41, 5.74) is 1.76. The van der Waals surface area contributed by atoms with Gasteiger partial charge in [-0.1, -0.05) is 36.4 Å². The molecule has 3 aromatic rings. The van der Waals surface area contributed by atoms with E-state index in [2.05, 4.69) is 23.5 Å². The van der Waals surface area contributed by atoms with Crippen LogP contribution in [0.4, 0.5) is 11.4 Å². The van der Waals surface area contributed by atoms with E-state index in [1.54, 1.807) is 0 Å². The van der Waals surface area contributed by atoms with Crippen molar-refractivity contribution in [2.75, 3.05) is 30.0 Å². The van der Waals surface area contributed by atoms with Gasteiger partial charge in [-0.25, -0.2) is 0 Å². The van der Waals surface area contributed by atoms with Crippen LogP contribution in [0, 0.1) is 0 Å². The second-order valence-electron chi connectivity index (χ2n) is 6.81. The average Bonchev–Trinajstić information content (AvgIpc) is 2.74. The third-order valence-electron chi connectivity index (χ3n) is 4.94. The summed E-state index contributed by atoms with van der Waals surface area (Å²) >= 11 is 0. The van der Waals surface area contributed by atoms with Crippen molar-refractivity contribution in [2.45, 2.75) is 19.9 Å². The molecule has 5 nitrogen and oxygen atoms in total. The fourth-order valence-corrected chi connectivity index (χ4v) is 3.57. The van der Waals surface area contributed by atoms with Crippen LogP contribution in [0.3, 0.4) is 0 Å². The zero-order valence-electron chi connectivity index (χ0n) is 16.1. The molecule has 4 rings (SSSR count). The summed E-state index contributed by atoms with van der Waals surface area (Å²) < 4.78 is 11.2. The minimum absolute atomic E-state index is 0.0220. The van der Waals surface area contributed by atoms with Crippen LogP contribution in [0.2, 0.25) is 0 Å². The molecule has 0 aliphatic carbocycles. The first-order valence-electron chi connectivity index (χ1n) is 9.62. The maximum absolute atomic E-state index is 13.2. The minimum atomic E-state index is -0.388.